The molecule has 0 N–H and O–H groups in total. The molecule has 0 aliphatic rings. The maximum Gasteiger partial charge on any atom is 0.501 e. The summed E-state index contributed by atoms with van der Waals surface area (Å²) < 4.78 is 17.3. The largest absolute Gasteiger partial charge is 0.501 e. The fraction of sp³-hybridized carbons (Fsp3) is 0.917. The van der Waals surface area contributed by atoms with Crippen molar-refractivity contribution in [3.05, 3.63) is 0 Å². The van der Waals surface area contributed by atoms with Crippen LogP contribution < -0.4 is 0 Å². The smallest absolute Gasteiger partial charge is 0.374 e. The zero-order chi connectivity index (χ0) is 14.0. The van der Waals surface area contributed by atoms with Gasteiger partial charge in [0.2, 0.25) is 0 Å². The van der Waals surface area contributed by atoms with Gasteiger partial charge in [-0.15, -0.1) is 12.6 Å². The number of carbonyl (C=O) groups excluding carboxylic acids is 1. The molecule has 0 aliphatic heterocycles. The van der Waals surface area contributed by atoms with Gasteiger partial charge in [0.25, 0.3) is 0 Å². The van der Waals surface area contributed by atoms with Gasteiger partial charge in [0, 0.05) is 32.3 Å². The zero-order valence-corrected chi connectivity index (χ0v) is 13.8. The molecule has 0 aromatic rings. The van der Waals surface area contributed by atoms with E-state index in [-0.39, 0.29) is 11.0 Å². The van der Waals surface area contributed by atoms with E-state index in [1.165, 1.54) is 0 Å². The average Bonchev–Trinajstić information content (AvgIpc) is 2.28. The predicted octanol–water partition coefficient (Wildman–Crippen LogP) is 2.91. The van der Waals surface area contributed by atoms with Gasteiger partial charge in [-0.25, -0.2) is 0 Å². The summed E-state index contributed by atoms with van der Waals surface area (Å²) in [5, 5.41) is -0.0887. The van der Waals surface area contributed by atoms with Crippen molar-refractivity contribution in [2.24, 2.45) is 5.92 Å². The third-order valence-electron chi connectivity index (χ3n) is 2.67. The quantitative estimate of drug-likeness (QED) is 0.470. The van der Waals surface area contributed by atoms with Gasteiger partial charge < -0.3 is 13.3 Å². The van der Waals surface area contributed by atoms with E-state index in [9.17, 15) is 4.79 Å². The van der Waals surface area contributed by atoms with Crippen LogP contribution in [-0.4, -0.2) is 33.7 Å². The number of carbonyl (C=O) groups is 1. The molecular formula is C12H26O4SSi. The van der Waals surface area contributed by atoms with Gasteiger partial charge in [-0.1, -0.05) is 13.3 Å². The summed E-state index contributed by atoms with van der Waals surface area (Å²) in [6.45, 7) is 9.57. The first-order valence-electron chi connectivity index (χ1n) is 6.67. The molecule has 4 nitrogen and oxygen atoms in total. The van der Waals surface area contributed by atoms with Gasteiger partial charge in [0.05, 0.1) is 0 Å². The molecule has 0 amide bonds. The van der Waals surface area contributed by atoms with Crippen LogP contribution in [0.2, 0.25) is 6.04 Å². The van der Waals surface area contributed by atoms with E-state index in [4.69, 9.17) is 13.3 Å². The Hall–Kier alpha value is 0.117. The van der Waals surface area contributed by atoms with Crippen molar-refractivity contribution < 1.29 is 18.1 Å². The van der Waals surface area contributed by atoms with E-state index >= 15 is 0 Å². The molecule has 6 heteroatoms. The van der Waals surface area contributed by atoms with E-state index in [0.29, 0.717) is 32.3 Å². The Kier molecular flexibility index (Phi) is 10.0. The first-order valence-corrected chi connectivity index (χ1v) is 9.05. The molecule has 0 aliphatic carbocycles. The predicted molar refractivity (Wildman–Crippen MR) is 77.8 cm³/mol. The molecule has 0 bridgehead atoms. The number of rotatable bonds is 11. The summed E-state index contributed by atoms with van der Waals surface area (Å²) in [4.78, 5) is 11.1. The molecule has 0 saturated heterocycles. The zero-order valence-electron chi connectivity index (χ0n) is 11.9. The lowest BCUT2D eigenvalue weighted by atomic mass is 10.1. The Labute approximate surface area is 117 Å². The van der Waals surface area contributed by atoms with Gasteiger partial charge >= 0.3 is 8.80 Å². The molecule has 1 unspecified atom stereocenters. The molecule has 0 radical (unpaired) electrons. The topological polar surface area (TPSA) is 44.8 Å². The lowest BCUT2D eigenvalue weighted by molar-refractivity contribution is -0.111. The van der Waals surface area contributed by atoms with Crippen LogP contribution in [0, 0.1) is 5.92 Å². The maximum atomic E-state index is 11.1. The van der Waals surface area contributed by atoms with Crippen molar-refractivity contribution in [2.45, 2.75) is 46.6 Å². The molecule has 0 fully saturated rings. The van der Waals surface area contributed by atoms with Crippen molar-refractivity contribution in [1.29, 1.82) is 0 Å². The standard InChI is InChI=1S/C12H26O4SSi/c1-5-11(9-12(13)17)10-18(14-6-2,15-7-3)16-8-4/h11H,5-10H2,1-4H3,(H,13,17). The maximum absolute atomic E-state index is 11.1. The third-order valence-corrected chi connectivity index (χ3v) is 6.12. The lowest BCUT2D eigenvalue weighted by Crippen LogP contribution is -2.47. The van der Waals surface area contributed by atoms with Crippen molar-refractivity contribution in [2.75, 3.05) is 19.8 Å². The second-order valence-electron chi connectivity index (χ2n) is 4.06. The minimum absolute atomic E-state index is 0.0887. The molecule has 0 heterocycles. The van der Waals surface area contributed by atoms with Gasteiger partial charge in [-0.2, -0.15) is 0 Å². The highest BCUT2D eigenvalue weighted by Crippen LogP contribution is 2.26. The van der Waals surface area contributed by atoms with Crippen LogP contribution >= 0.6 is 12.6 Å². The van der Waals surface area contributed by atoms with Gasteiger partial charge in [0.1, 0.15) is 0 Å². The molecule has 1 atom stereocenters. The van der Waals surface area contributed by atoms with Gasteiger partial charge in [0.15, 0.2) is 5.12 Å². The van der Waals surface area contributed by atoms with E-state index in [1.54, 1.807) is 0 Å². The first-order chi connectivity index (χ1) is 8.53. The number of hydrogen-bond acceptors (Lipinski definition) is 4. The van der Waals surface area contributed by atoms with Crippen molar-refractivity contribution in [3.8, 4) is 0 Å². The Morgan fingerprint density at radius 2 is 1.50 bits per heavy atom. The van der Waals surface area contributed by atoms with Crippen LogP contribution in [0.15, 0.2) is 0 Å². The summed E-state index contributed by atoms with van der Waals surface area (Å²) in [5.41, 5.74) is 0. The lowest BCUT2D eigenvalue weighted by Gasteiger charge is -2.31. The highest BCUT2D eigenvalue weighted by Gasteiger charge is 2.42. The molecule has 0 spiro atoms. The fourth-order valence-corrected chi connectivity index (χ4v) is 5.24. The molecule has 108 valence electrons. The van der Waals surface area contributed by atoms with E-state index in [1.807, 2.05) is 20.8 Å². The van der Waals surface area contributed by atoms with Crippen LogP contribution in [0.25, 0.3) is 0 Å². The van der Waals surface area contributed by atoms with E-state index in [2.05, 4.69) is 19.6 Å². The second kappa shape index (κ2) is 9.97. The van der Waals surface area contributed by atoms with E-state index in [0.717, 1.165) is 6.42 Å². The number of hydrogen-bond donors (Lipinski definition) is 1. The molecular weight excluding hydrogens is 268 g/mol. The Balaban J connectivity index is 4.74. The molecule has 0 saturated carbocycles. The van der Waals surface area contributed by atoms with Crippen LogP contribution in [0.3, 0.4) is 0 Å². The van der Waals surface area contributed by atoms with Crippen LogP contribution in [0.4, 0.5) is 0 Å². The monoisotopic (exact) mass is 294 g/mol. The van der Waals surface area contributed by atoms with Gasteiger partial charge in [-0.3, -0.25) is 4.79 Å². The summed E-state index contributed by atoms with van der Waals surface area (Å²) >= 11 is 3.85. The SMILES string of the molecule is CCO[Si](CC(CC)CC(=O)S)(OCC)OCC. The van der Waals surface area contributed by atoms with Crippen LogP contribution in [-0.2, 0) is 18.1 Å². The fourth-order valence-electron chi connectivity index (χ4n) is 1.92. The normalized spacial score (nSPS) is 13.6. The van der Waals surface area contributed by atoms with Crippen molar-refractivity contribution in [1.82, 2.24) is 0 Å². The second-order valence-corrected chi connectivity index (χ2v) is 7.20. The summed E-state index contributed by atoms with van der Waals surface area (Å²) in [5.74, 6) is 0.214. The number of thiol groups is 1. The Bertz CT molecular complexity index is 221. The minimum atomic E-state index is -2.63. The average molecular weight is 294 g/mol. The van der Waals surface area contributed by atoms with Crippen molar-refractivity contribution >= 4 is 26.5 Å². The third kappa shape index (κ3) is 6.89. The van der Waals surface area contributed by atoms with Crippen LogP contribution in [0.5, 0.6) is 0 Å². The van der Waals surface area contributed by atoms with Crippen molar-refractivity contribution in [3.63, 3.8) is 0 Å². The molecule has 0 aromatic carbocycles. The highest BCUT2D eigenvalue weighted by atomic mass is 32.1. The summed E-state index contributed by atoms with van der Waals surface area (Å²) in [7, 11) is -2.63. The summed E-state index contributed by atoms with van der Waals surface area (Å²) in [6.07, 6.45) is 1.34. The van der Waals surface area contributed by atoms with E-state index < -0.39 is 8.80 Å². The Morgan fingerprint density at radius 1 is 1.06 bits per heavy atom. The first kappa shape index (κ1) is 18.1. The van der Waals surface area contributed by atoms with Crippen LogP contribution in [0.1, 0.15) is 40.5 Å². The molecule has 0 aromatic heterocycles. The van der Waals surface area contributed by atoms with Gasteiger partial charge in [-0.05, 0) is 26.7 Å². The molecule has 0 rings (SSSR count). The highest BCUT2D eigenvalue weighted by molar-refractivity contribution is 7.96. The molecule has 18 heavy (non-hydrogen) atoms. The summed E-state index contributed by atoms with van der Waals surface area (Å²) in [6, 6.07) is 0.686. The minimum Gasteiger partial charge on any atom is -0.374 e. The Morgan fingerprint density at radius 3 is 1.78 bits per heavy atom.